The van der Waals surface area contributed by atoms with Crippen molar-refractivity contribution in [2.45, 2.75) is 6.10 Å². The highest BCUT2D eigenvalue weighted by atomic mass is 32.1. The van der Waals surface area contributed by atoms with E-state index in [4.69, 9.17) is 0 Å². The molecule has 29 heavy (non-hydrogen) atoms. The van der Waals surface area contributed by atoms with Crippen LogP contribution in [0.1, 0.15) is 17.2 Å². The van der Waals surface area contributed by atoms with E-state index in [-0.39, 0.29) is 5.88 Å². The Bertz CT molecular complexity index is 1280. The summed E-state index contributed by atoms with van der Waals surface area (Å²) in [6, 6.07) is 21.4. The summed E-state index contributed by atoms with van der Waals surface area (Å²) < 4.78 is 1.37. The Kier molecular flexibility index (Phi) is 4.35. The third kappa shape index (κ3) is 3.08. The van der Waals surface area contributed by atoms with Gasteiger partial charge in [0, 0.05) is 11.1 Å². The minimum absolute atomic E-state index is 0.113. The van der Waals surface area contributed by atoms with Crippen molar-refractivity contribution in [1.82, 2.24) is 14.6 Å². The molecule has 142 valence electrons. The first-order valence-electron chi connectivity index (χ1n) is 9.15. The smallest absolute Gasteiger partial charge is 0.221 e. The van der Waals surface area contributed by atoms with Crippen LogP contribution in [-0.2, 0) is 0 Å². The molecule has 0 aliphatic heterocycles. The van der Waals surface area contributed by atoms with Crippen molar-refractivity contribution in [2.24, 2.45) is 0 Å². The van der Waals surface area contributed by atoms with E-state index in [2.05, 4.69) is 33.7 Å². The van der Waals surface area contributed by atoms with Crippen LogP contribution in [0.2, 0.25) is 0 Å². The van der Waals surface area contributed by atoms with Gasteiger partial charge in [0.05, 0.1) is 17.3 Å². The fraction of sp³-hybridized carbons (Fsp3) is 0.0435. The maximum absolute atomic E-state index is 10.7. The summed E-state index contributed by atoms with van der Waals surface area (Å²) in [6.45, 7) is 0. The van der Waals surface area contributed by atoms with Crippen molar-refractivity contribution in [2.75, 3.05) is 0 Å². The molecule has 0 saturated heterocycles. The molecule has 2 aromatic carbocycles. The molecule has 0 radical (unpaired) electrons. The molecule has 1 unspecified atom stereocenters. The summed E-state index contributed by atoms with van der Waals surface area (Å²) in [5, 5.41) is 27.8. The molecule has 0 aliphatic carbocycles. The fourth-order valence-corrected chi connectivity index (χ4v) is 4.30. The molecular weight excluding hydrogens is 382 g/mol. The molecule has 5 nitrogen and oxygen atoms in total. The second kappa shape index (κ2) is 7.16. The van der Waals surface area contributed by atoms with Crippen LogP contribution in [0, 0.1) is 0 Å². The van der Waals surface area contributed by atoms with Gasteiger partial charge in [0.15, 0.2) is 5.65 Å². The summed E-state index contributed by atoms with van der Waals surface area (Å²) in [5.74, 6) is -0.113. The van der Waals surface area contributed by atoms with Gasteiger partial charge < -0.3 is 10.2 Å². The molecule has 3 heterocycles. The van der Waals surface area contributed by atoms with Gasteiger partial charge in [0.1, 0.15) is 6.10 Å². The van der Waals surface area contributed by atoms with Gasteiger partial charge in [-0.3, -0.25) is 0 Å². The van der Waals surface area contributed by atoms with E-state index < -0.39 is 6.10 Å². The molecular formula is C23H17N3O2S. The number of aliphatic hydroxyl groups excluding tert-OH is 1. The topological polar surface area (TPSA) is 70.7 Å². The molecule has 0 amide bonds. The predicted molar refractivity (Wildman–Crippen MR) is 114 cm³/mol. The molecule has 0 saturated carbocycles. The molecule has 0 aliphatic rings. The van der Waals surface area contributed by atoms with Crippen LogP contribution in [0.25, 0.3) is 27.2 Å². The molecule has 5 rings (SSSR count). The maximum atomic E-state index is 10.7. The van der Waals surface area contributed by atoms with Crippen LogP contribution in [-0.4, -0.2) is 24.8 Å². The maximum Gasteiger partial charge on any atom is 0.221 e. The highest BCUT2D eigenvalue weighted by Gasteiger charge is 2.20. The van der Waals surface area contributed by atoms with Crippen molar-refractivity contribution >= 4 is 17.0 Å². The summed E-state index contributed by atoms with van der Waals surface area (Å²) in [7, 11) is 0. The Balaban J connectivity index is 1.55. The number of nitrogens with zero attached hydrogens (tertiary/aromatic N) is 3. The van der Waals surface area contributed by atoms with E-state index in [1.54, 1.807) is 29.7 Å². The first kappa shape index (κ1) is 17.6. The molecule has 2 N–H and O–H groups in total. The van der Waals surface area contributed by atoms with Crippen molar-refractivity contribution < 1.29 is 10.2 Å². The number of aromatic hydroxyl groups is 1. The molecule has 1 atom stereocenters. The van der Waals surface area contributed by atoms with E-state index in [9.17, 15) is 10.2 Å². The third-order valence-corrected chi connectivity index (χ3v) is 5.87. The largest absolute Gasteiger partial charge is 0.493 e. The van der Waals surface area contributed by atoms with Crippen molar-refractivity contribution in [3.63, 3.8) is 0 Å². The zero-order valence-electron chi connectivity index (χ0n) is 15.3. The van der Waals surface area contributed by atoms with Gasteiger partial charge in [-0.2, -0.15) is 9.61 Å². The van der Waals surface area contributed by atoms with Gasteiger partial charge in [-0.25, -0.2) is 4.98 Å². The van der Waals surface area contributed by atoms with Crippen LogP contribution in [0.3, 0.4) is 0 Å². The molecule has 6 heteroatoms. The minimum atomic E-state index is -0.979. The number of rotatable bonds is 4. The van der Waals surface area contributed by atoms with Crippen LogP contribution in [0.15, 0.2) is 84.5 Å². The Morgan fingerprint density at radius 2 is 1.62 bits per heavy atom. The highest BCUT2D eigenvalue weighted by Crippen LogP contribution is 2.36. The van der Waals surface area contributed by atoms with Gasteiger partial charge in [-0.1, -0.05) is 60.7 Å². The highest BCUT2D eigenvalue weighted by molar-refractivity contribution is 7.14. The lowest BCUT2D eigenvalue weighted by Gasteiger charge is -2.13. The van der Waals surface area contributed by atoms with E-state index in [1.807, 2.05) is 36.4 Å². The van der Waals surface area contributed by atoms with Crippen molar-refractivity contribution in [1.29, 1.82) is 0 Å². The average molecular weight is 399 g/mol. The third-order valence-electron chi connectivity index (χ3n) is 4.91. The Hall–Kier alpha value is -3.48. The Morgan fingerprint density at radius 3 is 2.38 bits per heavy atom. The number of thiophene rings is 1. The van der Waals surface area contributed by atoms with Gasteiger partial charge in [-0.05, 0) is 28.1 Å². The second-order valence-corrected chi connectivity index (χ2v) is 7.62. The van der Waals surface area contributed by atoms with Gasteiger partial charge >= 0.3 is 0 Å². The number of aromatic nitrogens is 3. The zero-order chi connectivity index (χ0) is 19.8. The van der Waals surface area contributed by atoms with Gasteiger partial charge in [0.2, 0.25) is 5.88 Å². The lowest BCUT2D eigenvalue weighted by atomic mass is 10.0. The van der Waals surface area contributed by atoms with Crippen LogP contribution < -0.4 is 0 Å². The van der Waals surface area contributed by atoms with Crippen LogP contribution in [0.5, 0.6) is 5.88 Å². The van der Waals surface area contributed by atoms with Crippen molar-refractivity contribution in [3.8, 4) is 27.4 Å². The molecule has 3 aromatic heterocycles. The fourth-order valence-electron chi connectivity index (χ4n) is 3.37. The second-order valence-electron chi connectivity index (χ2n) is 6.71. The van der Waals surface area contributed by atoms with E-state index in [0.717, 1.165) is 21.6 Å². The summed E-state index contributed by atoms with van der Waals surface area (Å²) in [4.78, 5) is 5.51. The lowest BCUT2D eigenvalue weighted by molar-refractivity contribution is 0.213. The molecule has 5 aromatic rings. The van der Waals surface area contributed by atoms with E-state index >= 15 is 0 Å². The van der Waals surface area contributed by atoms with Crippen LogP contribution >= 0.6 is 11.3 Å². The monoisotopic (exact) mass is 399 g/mol. The minimum Gasteiger partial charge on any atom is -0.493 e. The Labute approximate surface area is 171 Å². The van der Waals surface area contributed by atoms with Gasteiger partial charge in [-0.15, -0.1) is 11.3 Å². The average Bonchev–Trinajstić information content (AvgIpc) is 3.42. The van der Waals surface area contributed by atoms with Gasteiger partial charge in [0.25, 0.3) is 0 Å². The number of aliphatic hydroxyl groups is 1. The summed E-state index contributed by atoms with van der Waals surface area (Å²) in [5.41, 5.74) is 4.67. The normalized spacial score (nSPS) is 12.3. The first-order chi connectivity index (χ1) is 14.2. The standard InChI is InChI=1S/C23H17N3O2S/c27-21(16-9-5-2-6-10-16)19-12-24-22-18(13-25-26(22)23(19)28)20-11-17(14-29-20)15-7-3-1-4-8-15/h1-14,21,27-28H. The number of fused-ring (bicyclic) bond motifs is 1. The first-order valence-corrected chi connectivity index (χ1v) is 10.0. The molecule has 0 spiro atoms. The summed E-state index contributed by atoms with van der Waals surface area (Å²) >= 11 is 1.61. The predicted octanol–water partition coefficient (Wildman–Crippen LogP) is 4.91. The zero-order valence-corrected chi connectivity index (χ0v) is 16.1. The molecule has 0 bridgehead atoms. The SMILES string of the molecule is Oc1c(C(O)c2ccccc2)cnc2c(-c3cc(-c4ccccc4)cs3)cnn12. The number of benzene rings is 2. The van der Waals surface area contributed by atoms with Crippen molar-refractivity contribution in [3.05, 3.63) is 95.6 Å². The quantitative estimate of drug-likeness (QED) is 0.450. The van der Waals surface area contributed by atoms with Crippen LogP contribution in [0.4, 0.5) is 0 Å². The molecule has 0 fully saturated rings. The number of hydrogen-bond acceptors (Lipinski definition) is 5. The van der Waals surface area contributed by atoms with E-state index in [0.29, 0.717) is 16.8 Å². The Morgan fingerprint density at radius 1 is 0.897 bits per heavy atom. The lowest BCUT2D eigenvalue weighted by Crippen LogP contribution is -2.04. The van der Waals surface area contributed by atoms with E-state index in [1.165, 1.54) is 10.7 Å². The number of hydrogen-bond donors (Lipinski definition) is 2. The summed E-state index contributed by atoms with van der Waals surface area (Å²) in [6.07, 6.45) is 2.23.